The zero-order chi connectivity index (χ0) is 8.27. The third-order valence-electron chi connectivity index (χ3n) is 1.63. The van der Waals surface area contributed by atoms with Gasteiger partial charge in [-0.15, -0.1) is 0 Å². The third-order valence-corrected chi connectivity index (χ3v) is 1.63. The summed E-state index contributed by atoms with van der Waals surface area (Å²) < 4.78 is 0. The summed E-state index contributed by atoms with van der Waals surface area (Å²) in [5, 5.41) is 0. The Balaban J connectivity index is 2.74. The summed E-state index contributed by atoms with van der Waals surface area (Å²) in [5.41, 5.74) is 0.639. The lowest BCUT2D eigenvalue weighted by Crippen LogP contribution is -2.12. The van der Waals surface area contributed by atoms with E-state index in [4.69, 9.17) is 0 Å². The fourth-order valence-electron chi connectivity index (χ4n) is 1.02. The standard InChI is InChI=1S/C9H10O2/c1-7(10)9(11)8-5-3-2-4-6-8/h2-3,5H,4,6H2,1H3. The summed E-state index contributed by atoms with van der Waals surface area (Å²) in [5.74, 6) is -0.707. The first-order valence-electron chi connectivity index (χ1n) is 3.63. The van der Waals surface area contributed by atoms with Gasteiger partial charge in [0.2, 0.25) is 5.78 Å². The van der Waals surface area contributed by atoms with Crippen molar-refractivity contribution < 1.29 is 9.59 Å². The Labute approximate surface area is 65.6 Å². The maximum Gasteiger partial charge on any atom is 0.224 e. The van der Waals surface area contributed by atoms with Gasteiger partial charge >= 0.3 is 0 Å². The molecule has 0 unspecified atom stereocenters. The van der Waals surface area contributed by atoms with Crippen LogP contribution in [-0.4, -0.2) is 11.6 Å². The molecule has 0 N–H and O–H groups in total. The smallest absolute Gasteiger partial charge is 0.224 e. The van der Waals surface area contributed by atoms with Gasteiger partial charge in [-0.25, -0.2) is 0 Å². The van der Waals surface area contributed by atoms with Gasteiger partial charge in [0.1, 0.15) is 0 Å². The van der Waals surface area contributed by atoms with Crippen LogP contribution in [0.2, 0.25) is 0 Å². The number of hydrogen-bond donors (Lipinski definition) is 0. The second kappa shape index (κ2) is 3.28. The fourth-order valence-corrected chi connectivity index (χ4v) is 1.02. The summed E-state index contributed by atoms with van der Waals surface area (Å²) in [4.78, 5) is 21.7. The van der Waals surface area contributed by atoms with Crippen molar-refractivity contribution in [3.8, 4) is 0 Å². The Morgan fingerprint density at radius 1 is 1.45 bits per heavy atom. The van der Waals surface area contributed by atoms with Gasteiger partial charge < -0.3 is 0 Å². The van der Waals surface area contributed by atoms with Crippen molar-refractivity contribution in [2.24, 2.45) is 0 Å². The van der Waals surface area contributed by atoms with Crippen LogP contribution < -0.4 is 0 Å². The first-order chi connectivity index (χ1) is 5.22. The average molecular weight is 150 g/mol. The largest absolute Gasteiger partial charge is 0.291 e. The van der Waals surface area contributed by atoms with Crippen LogP contribution in [-0.2, 0) is 9.59 Å². The number of ketones is 2. The molecule has 0 aromatic rings. The number of carbonyl (C=O) groups is 2. The molecule has 0 aromatic carbocycles. The van der Waals surface area contributed by atoms with Crippen LogP contribution in [0.15, 0.2) is 23.8 Å². The van der Waals surface area contributed by atoms with E-state index in [1.807, 2.05) is 12.2 Å². The van der Waals surface area contributed by atoms with Gasteiger partial charge in [-0.1, -0.05) is 18.2 Å². The van der Waals surface area contributed by atoms with Crippen LogP contribution in [0, 0.1) is 0 Å². The van der Waals surface area contributed by atoms with E-state index in [1.165, 1.54) is 6.92 Å². The molecule has 0 saturated carbocycles. The van der Waals surface area contributed by atoms with Crippen molar-refractivity contribution in [3.05, 3.63) is 23.8 Å². The maximum atomic E-state index is 11.0. The van der Waals surface area contributed by atoms with Gasteiger partial charge in [0.15, 0.2) is 5.78 Å². The van der Waals surface area contributed by atoms with E-state index in [0.29, 0.717) is 12.0 Å². The molecule has 0 atom stereocenters. The highest BCUT2D eigenvalue weighted by Crippen LogP contribution is 2.12. The second-order valence-corrected chi connectivity index (χ2v) is 2.54. The van der Waals surface area contributed by atoms with Crippen molar-refractivity contribution in [1.82, 2.24) is 0 Å². The predicted molar refractivity (Wildman–Crippen MR) is 42.1 cm³/mol. The first-order valence-corrected chi connectivity index (χ1v) is 3.63. The summed E-state index contributed by atoms with van der Waals surface area (Å²) in [6.07, 6.45) is 7.09. The van der Waals surface area contributed by atoms with Gasteiger partial charge in [0.05, 0.1) is 0 Å². The molecule has 0 radical (unpaired) electrons. The SMILES string of the molecule is CC(=O)C(=O)C1=CC=CCC1. The molecule has 11 heavy (non-hydrogen) atoms. The number of allylic oxidation sites excluding steroid dienone is 4. The van der Waals surface area contributed by atoms with Crippen molar-refractivity contribution in [2.75, 3.05) is 0 Å². The van der Waals surface area contributed by atoms with Crippen LogP contribution in [0.25, 0.3) is 0 Å². The zero-order valence-electron chi connectivity index (χ0n) is 6.46. The lowest BCUT2D eigenvalue weighted by atomic mass is 9.99. The number of hydrogen-bond acceptors (Lipinski definition) is 2. The van der Waals surface area contributed by atoms with Crippen LogP contribution >= 0.6 is 0 Å². The lowest BCUT2D eigenvalue weighted by Gasteiger charge is -2.03. The molecule has 0 fully saturated rings. The van der Waals surface area contributed by atoms with Crippen LogP contribution in [0.4, 0.5) is 0 Å². The Kier molecular flexibility index (Phi) is 2.36. The van der Waals surface area contributed by atoms with E-state index in [0.717, 1.165) is 6.42 Å². The molecule has 1 aliphatic carbocycles. The maximum absolute atomic E-state index is 11.0. The Morgan fingerprint density at radius 3 is 2.64 bits per heavy atom. The number of Topliss-reactive ketones (excluding diaryl/α,β-unsaturated/α-hetero) is 2. The van der Waals surface area contributed by atoms with Gasteiger partial charge in [0.25, 0.3) is 0 Å². The molecule has 0 aliphatic heterocycles. The predicted octanol–water partition coefficient (Wildman–Crippen LogP) is 1.42. The van der Waals surface area contributed by atoms with E-state index in [-0.39, 0.29) is 11.6 Å². The van der Waals surface area contributed by atoms with E-state index in [9.17, 15) is 9.59 Å². The molecular formula is C9H10O2. The van der Waals surface area contributed by atoms with Crippen molar-refractivity contribution in [2.45, 2.75) is 19.8 Å². The monoisotopic (exact) mass is 150 g/mol. The van der Waals surface area contributed by atoms with Crippen LogP contribution in [0.5, 0.6) is 0 Å². The Morgan fingerprint density at radius 2 is 2.18 bits per heavy atom. The Bertz CT molecular complexity index is 246. The molecule has 0 saturated heterocycles. The summed E-state index contributed by atoms with van der Waals surface area (Å²) in [7, 11) is 0. The molecule has 0 heterocycles. The van der Waals surface area contributed by atoms with Crippen LogP contribution in [0.1, 0.15) is 19.8 Å². The highest BCUT2D eigenvalue weighted by Gasteiger charge is 2.13. The number of rotatable bonds is 2. The molecule has 0 amide bonds. The fraction of sp³-hybridized carbons (Fsp3) is 0.333. The molecule has 0 spiro atoms. The minimum absolute atomic E-state index is 0.339. The topological polar surface area (TPSA) is 34.1 Å². The molecule has 58 valence electrons. The molecule has 0 bridgehead atoms. The molecule has 0 aromatic heterocycles. The average Bonchev–Trinajstić information content (AvgIpc) is 2.05. The van der Waals surface area contributed by atoms with Gasteiger partial charge in [-0.3, -0.25) is 9.59 Å². The second-order valence-electron chi connectivity index (χ2n) is 2.54. The highest BCUT2D eigenvalue weighted by atomic mass is 16.2. The molecule has 1 rings (SSSR count). The van der Waals surface area contributed by atoms with Crippen molar-refractivity contribution >= 4 is 11.6 Å². The van der Waals surface area contributed by atoms with Crippen LogP contribution in [0.3, 0.4) is 0 Å². The van der Waals surface area contributed by atoms with E-state index >= 15 is 0 Å². The number of carbonyl (C=O) groups excluding carboxylic acids is 2. The van der Waals surface area contributed by atoms with Crippen molar-refractivity contribution in [1.29, 1.82) is 0 Å². The quantitative estimate of drug-likeness (QED) is 0.558. The van der Waals surface area contributed by atoms with E-state index in [1.54, 1.807) is 6.08 Å². The first kappa shape index (κ1) is 7.92. The third kappa shape index (κ3) is 1.87. The normalized spacial score (nSPS) is 15.9. The minimum atomic E-state index is -0.369. The molecule has 2 nitrogen and oxygen atoms in total. The summed E-state index contributed by atoms with van der Waals surface area (Å²) in [6.45, 7) is 1.31. The highest BCUT2D eigenvalue weighted by molar-refractivity contribution is 6.42. The summed E-state index contributed by atoms with van der Waals surface area (Å²) >= 11 is 0. The Hall–Kier alpha value is -1.18. The molecular weight excluding hydrogens is 140 g/mol. The lowest BCUT2D eigenvalue weighted by molar-refractivity contribution is -0.133. The van der Waals surface area contributed by atoms with E-state index < -0.39 is 0 Å². The van der Waals surface area contributed by atoms with Gasteiger partial charge in [-0.2, -0.15) is 0 Å². The van der Waals surface area contributed by atoms with Gasteiger partial charge in [-0.05, 0) is 12.8 Å². The molecule has 2 heteroatoms. The zero-order valence-corrected chi connectivity index (χ0v) is 6.46. The van der Waals surface area contributed by atoms with Crippen molar-refractivity contribution in [3.63, 3.8) is 0 Å². The minimum Gasteiger partial charge on any atom is -0.291 e. The summed E-state index contributed by atoms with van der Waals surface area (Å²) in [6, 6.07) is 0. The molecule has 1 aliphatic rings. The van der Waals surface area contributed by atoms with E-state index in [2.05, 4.69) is 0 Å². The van der Waals surface area contributed by atoms with Gasteiger partial charge in [0, 0.05) is 12.5 Å².